The Bertz CT molecular complexity index is 602. The molecule has 19 heavy (non-hydrogen) atoms. The van der Waals surface area contributed by atoms with E-state index in [9.17, 15) is 21.6 Å². The van der Waals surface area contributed by atoms with Gasteiger partial charge in [0, 0.05) is 5.69 Å². The van der Waals surface area contributed by atoms with E-state index in [-0.39, 0.29) is 10.7 Å². The summed E-state index contributed by atoms with van der Waals surface area (Å²) < 4.78 is 62.6. The van der Waals surface area contributed by atoms with Crippen LogP contribution in [0, 0.1) is 0 Å². The third-order valence-corrected chi connectivity index (χ3v) is 3.77. The summed E-state index contributed by atoms with van der Waals surface area (Å²) in [6.45, 7) is 0. The van der Waals surface area contributed by atoms with Crippen LogP contribution in [0.25, 0.3) is 0 Å². The minimum atomic E-state index is -4.68. The summed E-state index contributed by atoms with van der Waals surface area (Å²) in [5, 5.41) is -0.523. The lowest BCUT2D eigenvalue weighted by Crippen LogP contribution is -2.26. The number of benzene rings is 1. The monoisotopic (exact) mass is 332 g/mol. The summed E-state index contributed by atoms with van der Waals surface area (Å²) in [6, 6.07) is 2.65. The zero-order valence-corrected chi connectivity index (χ0v) is 11.6. The Morgan fingerprint density at radius 3 is 2.47 bits per heavy atom. The molecule has 0 radical (unpaired) electrons. The van der Waals surface area contributed by atoms with Gasteiger partial charge in [0.2, 0.25) is 10.0 Å². The average Bonchev–Trinajstić information content (AvgIpc) is 2.16. The number of nitrogens with one attached hydrogen (secondary N) is 1. The molecule has 0 bridgehead atoms. The van der Waals surface area contributed by atoms with Crippen molar-refractivity contribution in [1.29, 1.82) is 0 Å². The maximum atomic E-state index is 12.6. The lowest BCUT2D eigenvalue weighted by molar-refractivity contribution is -0.137. The predicted octanol–water partition coefficient (Wildman–Crippen LogP) is 2.39. The van der Waals surface area contributed by atoms with Crippen LogP contribution in [0.3, 0.4) is 0 Å². The molecule has 0 aliphatic rings. The molecular formula is C9H8ClF3N2O2S2. The van der Waals surface area contributed by atoms with Gasteiger partial charge in [0.1, 0.15) is 5.75 Å². The largest absolute Gasteiger partial charge is 0.417 e. The van der Waals surface area contributed by atoms with Crippen molar-refractivity contribution in [3.8, 4) is 0 Å². The first-order valence-electron chi connectivity index (χ1n) is 4.67. The molecule has 0 aliphatic carbocycles. The molecule has 0 aliphatic heterocycles. The second kappa shape index (κ2) is 5.51. The average molecular weight is 333 g/mol. The van der Waals surface area contributed by atoms with Crippen LogP contribution in [0.1, 0.15) is 5.56 Å². The normalized spacial score (nSPS) is 12.2. The number of sulfonamides is 1. The van der Waals surface area contributed by atoms with Crippen molar-refractivity contribution in [1.82, 2.24) is 0 Å². The third-order valence-electron chi connectivity index (χ3n) is 1.88. The maximum Gasteiger partial charge on any atom is 0.417 e. The Morgan fingerprint density at radius 2 is 2.00 bits per heavy atom. The minimum absolute atomic E-state index is 0.270. The molecule has 0 spiro atoms. The Morgan fingerprint density at radius 1 is 1.42 bits per heavy atom. The first-order chi connectivity index (χ1) is 8.51. The van der Waals surface area contributed by atoms with Gasteiger partial charge in [0.15, 0.2) is 0 Å². The summed E-state index contributed by atoms with van der Waals surface area (Å²) >= 11 is 9.82. The molecule has 1 aromatic rings. The number of hydrogen-bond acceptors (Lipinski definition) is 3. The Balaban J connectivity index is 3.08. The highest BCUT2D eigenvalue weighted by atomic mass is 35.5. The van der Waals surface area contributed by atoms with Gasteiger partial charge < -0.3 is 5.73 Å². The van der Waals surface area contributed by atoms with E-state index in [0.29, 0.717) is 6.07 Å². The number of alkyl halides is 3. The van der Waals surface area contributed by atoms with Crippen molar-refractivity contribution < 1.29 is 21.6 Å². The fraction of sp³-hybridized carbons (Fsp3) is 0.222. The smallest absolute Gasteiger partial charge is 0.392 e. The molecule has 0 heterocycles. The van der Waals surface area contributed by atoms with Crippen LogP contribution in [-0.4, -0.2) is 19.2 Å². The molecule has 1 aromatic carbocycles. The first kappa shape index (κ1) is 16.0. The molecule has 1 rings (SSSR count). The quantitative estimate of drug-likeness (QED) is 0.830. The van der Waals surface area contributed by atoms with E-state index < -0.39 is 32.5 Å². The zero-order valence-electron chi connectivity index (χ0n) is 9.16. The van der Waals surface area contributed by atoms with Gasteiger partial charge in [0.05, 0.1) is 15.6 Å². The number of nitrogens with two attached hydrogens (primary N) is 1. The van der Waals surface area contributed by atoms with E-state index in [1.807, 2.05) is 4.72 Å². The summed E-state index contributed by atoms with van der Waals surface area (Å²) in [4.78, 5) is -0.294. The zero-order chi connectivity index (χ0) is 14.8. The van der Waals surface area contributed by atoms with E-state index in [1.165, 1.54) is 0 Å². The van der Waals surface area contributed by atoms with E-state index in [1.54, 1.807) is 0 Å². The van der Waals surface area contributed by atoms with Crippen LogP contribution in [0.15, 0.2) is 18.2 Å². The summed E-state index contributed by atoms with van der Waals surface area (Å²) in [7, 11) is -3.94. The molecule has 0 saturated carbocycles. The molecular weight excluding hydrogens is 325 g/mol. The second-order valence-electron chi connectivity index (χ2n) is 3.52. The molecule has 3 N–H and O–H groups in total. The lowest BCUT2D eigenvalue weighted by Gasteiger charge is -2.12. The molecule has 0 aromatic heterocycles. The van der Waals surface area contributed by atoms with Crippen LogP contribution < -0.4 is 10.5 Å². The van der Waals surface area contributed by atoms with Crippen molar-refractivity contribution in [2.24, 2.45) is 5.73 Å². The number of thiocarbonyl (C=S) groups is 1. The number of anilines is 1. The van der Waals surface area contributed by atoms with E-state index in [0.717, 1.165) is 12.1 Å². The second-order valence-corrected chi connectivity index (χ2v) is 6.17. The Hall–Kier alpha value is -1.06. The van der Waals surface area contributed by atoms with Gasteiger partial charge in [-0.1, -0.05) is 23.8 Å². The van der Waals surface area contributed by atoms with E-state index in [4.69, 9.17) is 17.3 Å². The molecule has 4 nitrogen and oxygen atoms in total. The van der Waals surface area contributed by atoms with E-state index in [2.05, 4.69) is 12.2 Å². The van der Waals surface area contributed by atoms with Gasteiger partial charge >= 0.3 is 6.18 Å². The van der Waals surface area contributed by atoms with Gasteiger partial charge in [-0.2, -0.15) is 13.2 Å². The van der Waals surface area contributed by atoms with Crippen LogP contribution in [0.5, 0.6) is 0 Å². The molecule has 0 fully saturated rings. The van der Waals surface area contributed by atoms with Gasteiger partial charge in [0.25, 0.3) is 0 Å². The predicted molar refractivity (Wildman–Crippen MR) is 70.6 cm³/mol. The summed E-state index contributed by atoms with van der Waals surface area (Å²) in [5.41, 5.74) is 3.66. The first-order valence-corrected chi connectivity index (χ1v) is 7.10. The van der Waals surface area contributed by atoms with Crippen molar-refractivity contribution in [3.63, 3.8) is 0 Å². The minimum Gasteiger partial charge on any atom is -0.392 e. The van der Waals surface area contributed by atoms with Crippen molar-refractivity contribution >= 4 is 44.5 Å². The molecule has 106 valence electrons. The van der Waals surface area contributed by atoms with Crippen molar-refractivity contribution in [2.45, 2.75) is 6.18 Å². The SMILES string of the molecule is NC(=S)CS(=O)(=O)Nc1ccc(Cl)c(C(F)(F)F)c1. The van der Waals surface area contributed by atoms with Crippen LogP contribution in [-0.2, 0) is 16.2 Å². The highest BCUT2D eigenvalue weighted by Gasteiger charge is 2.33. The molecule has 0 unspecified atom stereocenters. The summed E-state index contributed by atoms with van der Waals surface area (Å²) in [5.74, 6) is -0.660. The van der Waals surface area contributed by atoms with Gasteiger partial charge in [-0.25, -0.2) is 8.42 Å². The third kappa shape index (κ3) is 4.84. The fourth-order valence-electron chi connectivity index (χ4n) is 1.21. The standard InChI is InChI=1S/C9H8ClF3N2O2S2/c10-7-2-1-5(3-6(7)9(11,12)13)15-19(16,17)4-8(14)18/h1-3,15H,4H2,(H2,14,18). The van der Waals surface area contributed by atoms with Gasteiger partial charge in [-0.15, -0.1) is 0 Å². The Kier molecular flexibility index (Phi) is 4.64. The number of halogens is 4. The topological polar surface area (TPSA) is 72.2 Å². The molecule has 0 saturated heterocycles. The number of rotatable bonds is 4. The molecule has 0 atom stereocenters. The summed E-state index contributed by atoms with van der Waals surface area (Å²) in [6.07, 6.45) is -4.68. The van der Waals surface area contributed by atoms with E-state index >= 15 is 0 Å². The van der Waals surface area contributed by atoms with Crippen molar-refractivity contribution in [3.05, 3.63) is 28.8 Å². The number of hydrogen-bond donors (Lipinski definition) is 2. The fourth-order valence-corrected chi connectivity index (χ4v) is 2.83. The Labute approximate surface area is 117 Å². The molecule has 10 heteroatoms. The van der Waals surface area contributed by atoms with Crippen LogP contribution >= 0.6 is 23.8 Å². The van der Waals surface area contributed by atoms with Gasteiger partial charge in [-0.05, 0) is 18.2 Å². The maximum absolute atomic E-state index is 12.6. The highest BCUT2D eigenvalue weighted by Crippen LogP contribution is 2.36. The van der Waals surface area contributed by atoms with Gasteiger partial charge in [-0.3, -0.25) is 4.72 Å². The lowest BCUT2D eigenvalue weighted by atomic mass is 10.2. The molecule has 0 amide bonds. The van der Waals surface area contributed by atoms with Crippen LogP contribution in [0.4, 0.5) is 18.9 Å². The highest BCUT2D eigenvalue weighted by molar-refractivity contribution is 7.95. The van der Waals surface area contributed by atoms with Crippen LogP contribution in [0.2, 0.25) is 5.02 Å². The van der Waals surface area contributed by atoms with Crippen molar-refractivity contribution in [2.75, 3.05) is 10.5 Å².